The Balaban J connectivity index is 1.97. The first-order valence-corrected chi connectivity index (χ1v) is 6.83. The van der Waals surface area contributed by atoms with E-state index in [0.29, 0.717) is 25.7 Å². The second kappa shape index (κ2) is 5.55. The molecule has 18 heavy (non-hydrogen) atoms. The highest BCUT2D eigenvalue weighted by molar-refractivity contribution is 5.80. The average molecular weight is 258 g/mol. The molecule has 2 aliphatic carbocycles. The van der Waals surface area contributed by atoms with Gasteiger partial charge in [0.25, 0.3) is 0 Å². The van der Waals surface area contributed by atoms with Gasteiger partial charge < -0.3 is 20.1 Å². The van der Waals surface area contributed by atoms with E-state index in [9.17, 15) is 20.1 Å². The van der Waals surface area contributed by atoms with Crippen LogP contribution < -0.4 is 0 Å². The van der Waals surface area contributed by atoms with Gasteiger partial charge in [0.2, 0.25) is 0 Å². The van der Waals surface area contributed by atoms with Crippen molar-refractivity contribution in [3.63, 3.8) is 0 Å². The average Bonchev–Trinajstić information content (AvgIpc) is 2.36. The van der Waals surface area contributed by atoms with Gasteiger partial charge in [-0.15, -0.1) is 0 Å². The van der Waals surface area contributed by atoms with Gasteiger partial charge in [-0.25, -0.2) is 4.79 Å². The van der Waals surface area contributed by atoms with Crippen molar-refractivity contribution >= 4 is 5.97 Å². The number of carbonyl (C=O) groups is 1. The van der Waals surface area contributed by atoms with Crippen molar-refractivity contribution in [1.29, 1.82) is 0 Å². The van der Waals surface area contributed by atoms with Crippen molar-refractivity contribution in [2.45, 2.75) is 75.3 Å². The highest BCUT2D eigenvalue weighted by Crippen LogP contribution is 2.31. The molecular formula is C13H22O5. The molecule has 3 N–H and O–H groups in total. The molecule has 0 aliphatic heterocycles. The highest BCUT2D eigenvalue weighted by atomic mass is 16.6. The second-order valence-corrected chi connectivity index (χ2v) is 5.48. The zero-order valence-corrected chi connectivity index (χ0v) is 10.5. The van der Waals surface area contributed by atoms with Crippen LogP contribution in [0.1, 0.15) is 51.4 Å². The molecule has 2 rings (SSSR count). The molecule has 0 spiro atoms. The van der Waals surface area contributed by atoms with Crippen LogP contribution in [0.5, 0.6) is 0 Å². The molecule has 0 aromatic heterocycles. The van der Waals surface area contributed by atoms with Crippen LogP contribution >= 0.6 is 0 Å². The van der Waals surface area contributed by atoms with Crippen molar-refractivity contribution in [2.75, 3.05) is 0 Å². The van der Waals surface area contributed by atoms with Crippen LogP contribution in [-0.2, 0) is 9.53 Å². The summed E-state index contributed by atoms with van der Waals surface area (Å²) in [6, 6.07) is 0. The molecule has 0 aromatic carbocycles. The van der Waals surface area contributed by atoms with Crippen molar-refractivity contribution in [3.05, 3.63) is 0 Å². The molecule has 2 aliphatic rings. The van der Waals surface area contributed by atoms with E-state index >= 15 is 0 Å². The molecule has 2 fully saturated rings. The summed E-state index contributed by atoms with van der Waals surface area (Å²) < 4.78 is 5.22. The van der Waals surface area contributed by atoms with Gasteiger partial charge >= 0.3 is 5.97 Å². The first-order chi connectivity index (χ1) is 8.54. The first kappa shape index (κ1) is 13.8. The van der Waals surface area contributed by atoms with Crippen molar-refractivity contribution in [1.82, 2.24) is 0 Å². The lowest BCUT2D eigenvalue weighted by atomic mass is 9.82. The van der Waals surface area contributed by atoms with Crippen LogP contribution in [0.4, 0.5) is 0 Å². The van der Waals surface area contributed by atoms with E-state index in [1.165, 1.54) is 0 Å². The molecule has 0 bridgehead atoms. The monoisotopic (exact) mass is 258 g/mol. The van der Waals surface area contributed by atoms with E-state index in [1.807, 2.05) is 0 Å². The summed E-state index contributed by atoms with van der Waals surface area (Å²) in [5.41, 5.74) is -1.78. The minimum atomic E-state index is -1.78. The Bertz CT molecular complexity index is 306. The van der Waals surface area contributed by atoms with Crippen LogP contribution in [0.3, 0.4) is 0 Å². The summed E-state index contributed by atoms with van der Waals surface area (Å²) in [7, 11) is 0. The van der Waals surface area contributed by atoms with E-state index < -0.39 is 29.9 Å². The van der Waals surface area contributed by atoms with Crippen molar-refractivity contribution in [3.8, 4) is 0 Å². The van der Waals surface area contributed by atoms with E-state index in [2.05, 4.69) is 0 Å². The maximum atomic E-state index is 12.0. The van der Waals surface area contributed by atoms with Gasteiger partial charge in [-0.05, 0) is 38.5 Å². The third-order valence-electron chi connectivity index (χ3n) is 4.12. The van der Waals surface area contributed by atoms with Crippen LogP contribution in [0.2, 0.25) is 0 Å². The van der Waals surface area contributed by atoms with Crippen molar-refractivity contribution < 1.29 is 24.9 Å². The molecule has 0 heterocycles. The smallest absolute Gasteiger partial charge is 0.341 e. The Kier molecular flexibility index (Phi) is 4.25. The van der Waals surface area contributed by atoms with E-state index in [1.54, 1.807) is 0 Å². The topological polar surface area (TPSA) is 87.0 Å². The quantitative estimate of drug-likeness (QED) is 0.628. The molecule has 0 saturated heterocycles. The number of hydrogen-bond donors (Lipinski definition) is 3. The van der Waals surface area contributed by atoms with Gasteiger partial charge in [0.05, 0.1) is 12.2 Å². The SMILES string of the molecule is O=C(O[C@@H]1CCCC[C@@H]1O)C1(O)CCCCC1O. The third kappa shape index (κ3) is 2.68. The number of hydrogen-bond acceptors (Lipinski definition) is 5. The van der Waals surface area contributed by atoms with Gasteiger partial charge in [0.1, 0.15) is 6.10 Å². The van der Waals surface area contributed by atoms with Gasteiger partial charge in [0, 0.05) is 0 Å². The lowest BCUT2D eigenvalue weighted by Gasteiger charge is -2.37. The molecular weight excluding hydrogens is 236 g/mol. The van der Waals surface area contributed by atoms with Crippen LogP contribution in [0.15, 0.2) is 0 Å². The Morgan fingerprint density at radius 3 is 2.39 bits per heavy atom. The van der Waals surface area contributed by atoms with Gasteiger partial charge in [0.15, 0.2) is 5.60 Å². The molecule has 104 valence electrons. The summed E-state index contributed by atoms with van der Waals surface area (Å²) in [6.45, 7) is 0. The maximum Gasteiger partial charge on any atom is 0.341 e. The summed E-state index contributed by atoms with van der Waals surface area (Å²) in [5, 5.41) is 29.7. The van der Waals surface area contributed by atoms with Crippen LogP contribution in [0, 0.1) is 0 Å². The Hall–Kier alpha value is -0.650. The predicted octanol–water partition coefficient (Wildman–Crippen LogP) is 0.499. The third-order valence-corrected chi connectivity index (χ3v) is 4.12. The minimum Gasteiger partial charge on any atom is -0.457 e. The number of carbonyl (C=O) groups excluding carboxylic acids is 1. The second-order valence-electron chi connectivity index (χ2n) is 5.48. The highest BCUT2D eigenvalue weighted by Gasteiger charge is 2.47. The first-order valence-electron chi connectivity index (χ1n) is 6.83. The molecule has 0 aromatic rings. The maximum absolute atomic E-state index is 12.0. The molecule has 5 nitrogen and oxygen atoms in total. The Labute approximate surface area is 107 Å². The molecule has 4 atom stereocenters. The predicted molar refractivity (Wildman–Crippen MR) is 63.8 cm³/mol. The fourth-order valence-corrected chi connectivity index (χ4v) is 2.83. The molecule has 0 radical (unpaired) electrons. The summed E-state index contributed by atoms with van der Waals surface area (Å²) in [5.74, 6) is -0.777. The Morgan fingerprint density at radius 1 is 1.06 bits per heavy atom. The van der Waals surface area contributed by atoms with E-state index in [0.717, 1.165) is 19.3 Å². The Morgan fingerprint density at radius 2 is 1.72 bits per heavy atom. The number of aliphatic hydroxyl groups excluding tert-OH is 2. The zero-order valence-electron chi connectivity index (χ0n) is 10.5. The lowest BCUT2D eigenvalue weighted by molar-refractivity contribution is -0.195. The minimum absolute atomic E-state index is 0.232. The number of aliphatic hydroxyl groups is 3. The van der Waals surface area contributed by atoms with E-state index in [-0.39, 0.29) is 6.42 Å². The van der Waals surface area contributed by atoms with Gasteiger partial charge in [-0.3, -0.25) is 0 Å². The molecule has 2 unspecified atom stereocenters. The zero-order chi connectivity index (χ0) is 13.2. The fourth-order valence-electron chi connectivity index (χ4n) is 2.83. The summed E-state index contributed by atoms with van der Waals surface area (Å²) in [4.78, 5) is 12.0. The molecule has 0 amide bonds. The lowest BCUT2D eigenvalue weighted by Crippen LogP contribution is -2.54. The van der Waals surface area contributed by atoms with Crippen molar-refractivity contribution in [2.24, 2.45) is 0 Å². The summed E-state index contributed by atoms with van der Waals surface area (Å²) in [6.07, 6.45) is 3.01. The number of rotatable bonds is 2. The number of esters is 1. The molecule has 2 saturated carbocycles. The normalized spacial score (nSPS) is 41.4. The van der Waals surface area contributed by atoms with Gasteiger partial charge in [-0.1, -0.05) is 12.8 Å². The number of ether oxygens (including phenoxy) is 1. The standard InChI is InChI=1S/C13H22O5/c14-9-5-1-2-6-10(9)18-12(16)13(17)8-4-3-7-11(13)15/h9-11,14-15,17H,1-8H2/t9-,10+,11?,13?/m0/s1. The molecule has 5 heteroatoms. The van der Waals surface area contributed by atoms with Gasteiger partial charge in [-0.2, -0.15) is 0 Å². The summed E-state index contributed by atoms with van der Waals surface area (Å²) >= 11 is 0. The van der Waals surface area contributed by atoms with Crippen LogP contribution in [0.25, 0.3) is 0 Å². The van der Waals surface area contributed by atoms with E-state index in [4.69, 9.17) is 4.74 Å². The largest absolute Gasteiger partial charge is 0.457 e. The van der Waals surface area contributed by atoms with Crippen LogP contribution in [-0.4, -0.2) is 45.2 Å². The fraction of sp³-hybridized carbons (Fsp3) is 0.923.